The summed E-state index contributed by atoms with van der Waals surface area (Å²) in [6.07, 6.45) is 4.98. The molecule has 1 aromatic heterocycles. The predicted octanol–water partition coefficient (Wildman–Crippen LogP) is 3.00. The van der Waals surface area contributed by atoms with Crippen LogP contribution in [-0.2, 0) is 11.3 Å². The van der Waals surface area contributed by atoms with Crippen LogP contribution in [0.15, 0.2) is 6.07 Å². The van der Waals surface area contributed by atoms with E-state index in [0.29, 0.717) is 30.3 Å². The SMILES string of the molecule is CCOCc1nc(N)cc(N2CCC(CC)(CC)CC2)n1. The van der Waals surface area contributed by atoms with Gasteiger partial charge >= 0.3 is 0 Å². The molecule has 0 atom stereocenters. The lowest BCUT2D eigenvalue weighted by molar-refractivity contribution is 0.128. The minimum Gasteiger partial charge on any atom is -0.384 e. The fourth-order valence-electron chi connectivity index (χ4n) is 3.09. The molecular weight excluding hydrogens is 264 g/mol. The number of aromatic nitrogens is 2. The molecule has 0 bridgehead atoms. The van der Waals surface area contributed by atoms with E-state index in [1.54, 1.807) is 0 Å². The van der Waals surface area contributed by atoms with Crippen LogP contribution in [-0.4, -0.2) is 29.7 Å². The second kappa shape index (κ2) is 7.07. The van der Waals surface area contributed by atoms with E-state index in [-0.39, 0.29) is 0 Å². The Morgan fingerprint density at radius 3 is 2.43 bits per heavy atom. The minimum atomic E-state index is 0.427. The van der Waals surface area contributed by atoms with Crippen LogP contribution in [0, 0.1) is 5.41 Å². The summed E-state index contributed by atoms with van der Waals surface area (Å²) in [7, 11) is 0. The topological polar surface area (TPSA) is 64.3 Å². The van der Waals surface area contributed by atoms with Gasteiger partial charge in [0.25, 0.3) is 0 Å². The van der Waals surface area contributed by atoms with Crippen LogP contribution in [0.3, 0.4) is 0 Å². The summed E-state index contributed by atoms with van der Waals surface area (Å²) in [4.78, 5) is 11.2. The zero-order valence-electron chi connectivity index (χ0n) is 13.6. The number of nitrogens with zero attached hydrogens (tertiary/aromatic N) is 3. The van der Waals surface area contributed by atoms with Crippen LogP contribution in [0.25, 0.3) is 0 Å². The molecule has 0 unspecified atom stereocenters. The molecule has 1 fully saturated rings. The van der Waals surface area contributed by atoms with Gasteiger partial charge in [0.05, 0.1) is 0 Å². The standard InChI is InChI=1S/C16H28N4O/c1-4-16(5-2)7-9-20(10-8-16)15-11-13(17)18-14(19-15)12-21-6-3/h11H,4-10,12H2,1-3H3,(H2,17,18,19). The van der Waals surface area contributed by atoms with Crippen molar-refractivity contribution < 1.29 is 4.74 Å². The highest BCUT2D eigenvalue weighted by atomic mass is 16.5. The summed E-state index contributed by atoms with van der Waals surface area (Å²) < 4.78 is 5.39. The lowest BCUT2D eigenvalue weighted by Gasteiger charge is -2.41. The number of ether oxygens (including phenoxy) is 1. The van der Waals surface area contributed by atoms with Gasteiger partial charge in [-0.2, -0.15) is 0 Å². The van der Waals surface area contributed by atoms with Gasteiger partial charge in [0.1, 0.15) is 18.2 Å². The van der Waals surface area contributed by atoms with Crippen molar-refractivity contribution in [2.75, 3.05) is 30.3 Å². The molecule has 2 N–H and O–H groups in total. The van der Waals surface area contributed by atoms with Crippen molar-refractivity contribution in [2.24, 2.45) is 5.41 Å². The van der Waals surface area contributed by atoms with Gasteiger partial charge in [-0.1, -0.05) is 26.7 Å². The average molecular weight is 292 g/mol. The van der Waals surface area contributed by atoms with Crippen LogP contribution >= 0.6 is 0 Å². The van der Waals surface area contributed by atoms with E-state index in [2.05, 4.69) is 28.7 Å². The van der Waals surface area contributed by atoms with Gasteiger partial charge in [0.15, 0.2) is 5.82 Å². The minimum absolute atomic E-state index is 0.427. The maximum Gasteiger partial charge on any atom is 0.158 e. The molecule has 2 rings (SSSR count). The largest absolute Gasteiger partial charge is 0.384 e. The molecule has 0 radical (unpaired) electrons. The van der Waals surface area contributed by atoms with Crippen molar-refractivity contribution in [3.05, 3.63) is 11.9 Å². The fourth-order valence-corrected chi connectivity index (χ4v) is 3.09. The molecule has 1 aliphatic rings. The first-order valence-electron chi connectivity index (χ1n) is 8.08. The number of anilines is 2. The van der Waals surface area contributed by atoms with Crippen LogP contribution in [0.1, 0.15) is 52.3 Å². The van der Waals surface area contributed by atoms with Crippen molar-refractivity contribution in [1.82, 2.24) is 9.97 Å². The third-order valence-corrected chi connectivity index (χ3v) is 4.86. The molecule has 0 amide bonds. The van der Waals surface area contributed by atoms with E-state index in [1.165, 1.54) is 25.7 Å². The Bertz CT molecular complexity index is 450. The van der Waals surface area contributed by atoms with Crippen LogP contribution in [0.5, 0.6) is 0 Å². The van der Waals surface area contributed by atoms with E-state index >= 15 is 0 Å². The second-order valence-corrected chi connectivity index (χ2v) is 5.90. The first-order chi connectivity index (χ1) is 10.1. The van der Waals surface area contributed by atoms with Gasteiger partial charge in [-0.25, -0.2) is 9.97 Å². The molecule has 2 heterocycles. The highest BCUT2D eigenvalue weighted by molar-refractivity contribution is 5.47. The quantitative estimate of drug-likeness (QED) is 0.873. The number of hydrogen-bond donors (Lipinski definition) is 1. The lowest BCUT2D eigenvalue weighted by Crippen LogP contribution is -2.40. The molecule has 0 spiro atoms. The molecular formula is C16H28N4O. The van der Waals surface area contributed by atoms with Crippen molar-refractivity contribution >= 4 is 11.6 Å². The molecule has 0 aromatic carbocycles. The van der Waals surface area contributed by atoms with E-state index in [0.717, 1.165) is 18.9 Å². The Morgan fingerprint density at radius 1 is 1.19 bits per heavy atom. The Balaban J connectivity index is 2.07. The van der Waals surface area contributed by atoms with Gasteiger partial charge in [0.2, 0.25) is 0 Å². The van der Waals surface area contributed by atoms with E-state index in [1.807, 2.05) is 13.0 Å². The van der Waals surface area contributed by atoms with Gasteiger partial charge < -0.3 is 15.4 Å². The van der Waals surface area contributed by atoms with E-state index < -0.39 is 0 Å². The Labute approximate surface area is 127 Å². The van der Waals surface area contributed by atoms with E-state index in [9.17, 15) is 0 Å². The predicted molar refractivity (Wildman–Crippen MR) is 86.2 cm³/mol. The molecule has 0 saturated carbocycles. The summed E-state index contributed by atoms with van der Waals surface area (Å²) in [5, 5.41) is 0. The lowest BCUT2D eigenvalue weighted by atomic mass is 9.74. The molecule has 5 nitrogen and oxygen atoms in total. The Morgan fingerprint density at radius 2 is 1.86 bits per heavy atom. The second-order valence-electron chi connectivity index (χ2n) is 5.90. The van der Waals surface area contributed by atoms with E-state index in [4.69, 9.17) is 10.5 Å². The van der Waals surface area contributed by atoms with Crippen molar-refractivity contribution in [1.29, 1.82) is 0 Å². The van der Waals surface area contributed by atoms with Crippen LogP contribution < -0.4 is 10.6 Å². The first kappa shape index (κ1) is 16.0. The Hall–Kier alpha value is -1.36. The van der Waals surface area contributed by atoms with Crippen molar-refractivity contribution in [2.45, 2.75) is 53.1 Å². The zero-order chi connectivity index (χ0) is 15.3. The summed E-state index contributed by atoms with van der Waals surface area (Å²) >= 11 is 0. The third-order valence-electron chi connectivity index (χ3n) is 4.86. The molecule has 1 aromatic rings. The van der Waals surface area contributed by atoms with Crippen LogP contribution in [0.4, 0.5) is 11.6 Å². The highest BCUT2D eigenvalue weighted by Crippen LogP contribution is 2.38. The summed E-state index contributed by atoms with van der Waals surface area (Å²) in [5.74, 6) is 2.14. The van der Waals surface area contributed by atoms with Crippen LogP contribution in [0.2, 0.25) is 0 Å². The molecule has 1 saturated heterocycles. The average Bonchev–Trinajstić information content (AvgIpc) is 2.52. The number of nitrogen functional groups attached to an aromatic ring is 1. The molecule has 0 aliphatic carbocycles. The highest BCUT2D eigenvalue weighted by Gasteiger charge is 2.31. The van der Waals surface area contributed by atoms with Gasteiger partial charge in [-0.15, -0.1) is 0 Å². The monoisotopic (exact) mass is 292 g/mol. The van der Waals surface area contributed by atoms with Gasteiger partial charge in [0, 0.05) is 25.8 Å². The summed E-state index contributed by atoms with van der Waals surface area (Å²) in [6.45, 7) is 9.76. The maximum absolute atomic E-state index is 5.91. The number of hydrogen-bond acceptors (Lipinski definition) is 5. The third kappa shape index (κ3) is 3.84. The molecule has 118 valence electrons. The van der Waals surface area contributed by atoms with Crippen molar-refractivity contribution in [3.8, 4) is 0 Å². The molecule has 1 aliphatic heterocycles. The number of piperidine rings is 1. The zero-order valence-corrected chi connectivity index (χ0v) is 13.6. The fraction of sp³-hybridized carbons (Fsp3) is 0.750. The summed E-state index contributed by atoms with van der Waals surface area (Å²) in [5.41, 5.74) is 6.43. The maximum atomic E-state index is 5.91. The first-order valence-corrected chi connectivity index (χ1v) is 8.08. The number of rotatable bonds is 6. The van der Waals surface area contributed by atoms with Gasteiger partial charge in [-0.3, -0.25) is 0 Å². The van der Waals surface area contributed by atoms with Crippen molar-refractivity contribution in [3.63, 3.8) is 0 Å². The Kier molecular flexibility index (Phi) is 5.39. The molecule has 21 heavy (non-hydrogen) atoms. The summed E-state index contributed by atoms with van der Waals surface area (Å²) in [6, 6.07) is 1.88. The molecule has 5 heteroatoms. The smallest absolute Gasteiger partial charge is 0.158 e. The number of nitrogens with two attached hydrogens (primary N) is 1. The normalized spacial score (nSPS) is 18.0. The van der Waals surface area contributed by atoms with Gasteiger partial charge in [-0.05, 0) is 25.2 Å².